The molecule has 2 aromatic carbocycles. The van der Waals surface area contributed by atoms with Crippen LogP contribution in [0.4, 0.5) is 0 Å². The molecule has 0 saturated carbocycles. The molecule has 0 saturated heterocycles. The lowest BCUT2D eigenvalue weighted by Crippen LogP contribution is -2.19. The lowest BCUT2D eigenvalue weighted by Gasteiger charge is -2.06. The molecule has 1 aromatic heterocycles. The normalized spacial score (nSPS) is 11.3. The van der Waals surface area contributed by atoms with Gasteiger partial charge in [-0.2, -0.15) is 0 Å². The molecule has 0 bridgehead atoms. The lowest BCUT2D eigenvalue weighted by atomic mass is 10.2. The van der Waals surface area contributed by atoms with Gasteiger partial charge >= 0.3 is 5.97 Å². The predicted molar refractivity (Wildman–Crippen MR) is 93.7 cm³/mol. The summed E-state index contributed by atoms with van der Waals surface area (Å²) < 4.78 is 36.4. The van der Waals surface area contributed by atoms with Crippen LogP contribution in [0.25, 0.3) is 11.5 Å². The Morgan fingerprint density at radius 1 is 1.15 bits per heavy atom. The van der Waals surface area contributed by atoms with E-state index in [9.17, 15) is 13.2 Å². The molecule has 0 aliphatic heterocycles. The van der Waals surface area contributed by atoms with E-state index in [1.165, 1.54) is 37.6 Å². The topological polar surface area (TPSA) is 98.5 Å². The largest absolute Gasteiger partial charge is 0.455 e. The molecule has 3 aromatic rings. The van der Waals surface area contributed by atoms with Crippen LogP contribution in [0.5, 0.6) is 0 Å². The van der Waals surface area contributed by atoms with Gasteiger partial charge in [-0.3, -0.25) is 0 Å². The Hall–Kier alpha value is -2.97. The van der Waals surface area contributed by atoms with Gasteiger partial charge in [0.05, 0.1) is 10.5 Å². The Balaban J connectivity index is 1.68. The van der Waals surface area contributed by atoms with Crippen molar-refractivity contribution in [2.75, 3.05) is 7.05 Å². The standard InChI is InChI=1S/C18H16N2O5S/c1-19-26(22,23)16-9-5-8-14(10-16)18(21)25-12-15-11-24-17(20-15)13-6-3-2-4-7-13/h2-11,19H,12H2,1H3. The van der Waals surface area contributed by atoms with E-state index in [-0.39, 0.29) is 17.1 Å². The minimum Gasteiger partial charge on any atom is -0.455 e. The van der Waals surface area contributed by atoms with Crippen molar-refractivity contribution in [3.8, 4) is 11.5 Å². The van der Waals surface area contributed by atoms with Gasteiger partial charge in [-0.05, 0) is 37.4 Å². The van der Waals surface area contributed by atoms with E-state index >= 15 is 0 Å². The van der Waals surface area contributed by atoms with Crippen molar-refractivity contribution in [3.05, 3.63) is 72.1 Å². The highest BCUT2D eigenvalue weighted by atomic mass is 32.2. The van der Waals surface area contributed by atoms with Gasteiger partial charge in [0, 0.05) is 5.56 Å². The molecular formula is C18H16N2O5S. The summed E-state index contributed by atoms with van der Waals surface area (Å²) >= 11 is 0. The van der Waals surface area contributed by atoms with Crippen molar-refractivity contribution in [2.45, 2.75) is 11.5 Å². The number of hydrogen-bond donors (Lipinski definition) is 1. The van der Waals surface area contributed by atoms with Crippen LogP contribution >= 0.6 is 0 Å². The van der Waals surface area contributed by atoms with Crippen LogP contribution in [0.1, 0.15) is 16.1 Å². The first-order valence-electron chi connectivity index (χ1n) is 7.70. The van der Waals surface area contributed by atoms with Gasteiger partial charge in [0.1, 0.15) is 18.6 Å². The molecule has 134 valence electrons. The first-order chi connectivity index (χ1) is 12.5. The van der Waals surface area contributed by atoms with E-state index in [1.807, 2.05) is 30.3 Å². The molecule has 0 fully saturated rings. The fourth-order valence-corrected chi connectivity index (χ4v) is 2.99. The number of sulfonamides is 1. The van der Waals surface area contributed by atoms with Gasteiger partial charge in [0.15, 0.2) is 0 Å². The molecular weight excluding hydrogens is 356 g/mol. The number of benzene rings is 2. The number of nitrogens with one attached hydrogen (secondary N) is 1. The van der Waals surface area contributed by atoms with E-state index in [0.29, 0.717) is 11.6 Å². The average Bonchev–Trinajstić information content (AvgIpc) is 3.16. The maximum atomic E-state index is 12.2. The quantitative estimate of drug-likeness (QED) is 0.668. The number of ether oxygens (including phenoxy) is 1. The van der Waals surface area contributed by atoms with Crippen molar-refractivity contribution in [3.63, 3.8) is 0 Å². The summed E-state index contributed by atoms with van der Waals surface area (Å²) in [5, 5.41) is 0. The monoisotopic (exact) mass is 372 g/mol. The second-order valence-corrected chi connectivity index (χ2v) is 7.21. The van der Waals surface area contributed by atoms with Crippen molar-refractivity contribution in [2.24, 2.45) is 0 Å². The van der Waals surface area contributed by atoms with Gasteiger partial charge in [-0.25, -0.2) is 22.9 Å². The molecule has 0 aliphatic rings. The smallest absolute Gasteiger partial charge is 0.338 e. The Morgan fingerprint density at radius 2 is 1.92 bits per heavy atom. The third-order valence-electron chi connectivity index (χ3n) is 3.57. The summed E-state index contributed by atoms with van der Waals surface area (Å²) in [6.07, 6.45) is 1.41. The summed E-state index contributed by atoms with van der Waals surface area (Å²) in [5.41, 5.74) is 1.40. The van der Waals surface area contributed by atoms with Crippen LogP contribution < -0.4 is 4.72 Å². The third kappa shape index (κ3) is 3.98. The molecule has 26 heavy (non-hydrogen) atoms. The molecule has 8 heteroatoms. The molecule has 0 radical (unpaired) electrons. The highest BCUT2D eigenvalue weighted by Crippen LogP contribution is 2.19. The number of carbonyl (C=O) groups excluding carboxylic acids is 1. The number of aromatic nitrogens is 1. The number of esters is 1. The maximum Gasteiger partial charge on any atom is 0.338 e. The molecule has 0 atom stereocenters. The van der Waals surface area contributed by atoms with Crippen LogP contribution in [-0.4, -0.2) is 26.4 Å². The SMILES string of the molecule is CNS(=O)(=O)c1cccc(C(=O)OCc2coc(-c3ccccc3)n2)c1. The third-order valence-corrected chi connectivity index (χ3v) is 4.98. The Morgan fingerprint density at radius 3 is 2.65 bits per heavy atom. The molecule has 1 N–H and O–H groups in total. The van der Waals surface area contributed by atoms with Crippen molar-refractivity contribution < 1.29 is 22.4 Å². The molecule has 0 amide bonds. The molecule has 0 unspecified atom stereocenters. The van der Waals surface area contributed by atoms with Crippen LogP contribution in [0.2, 0.25) is 0 Å². The highest BCUT2D eigenvalue weighted by Gasteiger charge is 2.16. The van der Waals surface area contributed by atoms with Crippen LogP contribution in [-0.2, 0) is 21.4 Å². The van der Waals surface area contributed by atoms with Crippen LogP contribution in [0.15, 0.2) is 70.2 Å². The molecule has 3 rings (SSSR count). The minimum atomic E-state index is -3.63. The first kappa shape index (κ1) is 17.8. The summed E-state index contributed by atoms with van der Waals surface area (Å²) in [6, 6.07) is 14.9. The van der Waals surface area contributed by atoms with Gasteiger partial charge in [-0.1, -0.05) is 24.3 Å². The molecule has 7 nitrogen and oxygen atoms in total. The zero-order chi connectivity index (χ0) is 18.6. The van der Waals surface area contributed by atoms with E-state index in [0.717, 1.165) is 5.56 Å². The van der Waals surface area contributed by atoms with E-state index < -0.39 is 16.0 Å². The van der Waals surface area contributed by atoms with E-state index in [2.05, 4.69) is 9.71 Å². The predicted octanol–water partition coefficient (Wildman–Crippen LogP) is 2.61. The number of rotatable bonds is 6. The van der Waals surface area contributed by atoms with Crippen molar-refractivity contribution >= 4 is 16.0 Å². The molecule has 0 spiro atoms. The van der Waals surface area contributed by atoms with Crippen molar-refractivity contribution in [1.82, 2.24) is 9.71 Å². The number of nitrogens with zero attached hydrogens (tertiary/aromatic N) is 1. The number of hydrogen-bond acceptors (Lipinski definition) is 6. The number of carbonyl (C=O) groups is 1. The Kier molecular flexibility index (Phi) is 5.15. The fraction of sp³-hybridized carbons (Fsp3) is 0.111. The maximum absolute atomic E-state index is 12.2. The summed E-state index contributed by atoms with van der Waals surface area (Å²) in [6.45, 7) is -0.0851. The zero-order valence-electron chi connectivity index (χ0n) is 13.9. The van der Waals surface area contributed by atoms with Crippen LogP contribution in [0.3, 0.4) is 0 Å². The lowest BCUT2D eigenvalue weighted by molar-refractivity contribution is 0.0467. The second-order valence-electron chi connectivity index (χ2n) is 5.32. The number of oxazole rings is 1. The molecule has 0 aliphatic carbocycles. The fourth-order valence-electron chi connectivity index (χ4n) is 2.22. The Labute approximate surface area is 150 Å². The summed E-state index contributed by atoms with van der Waals surface area (Å²) in [7, 11) is -2.33. The Bertz CT molecular complexity index is 1010. The first-order valence-corrected chi connectivity index (χ1v) is 9.18. The van der Waals surface area contributed by atoms with Gasteiger partial charge < -0.3 is 9.15 Å². The zero-order valence-corrected chi connectivity index (χ0v) is 14.7. The van der Waals surface area contributed by atoms with Gasteiger partial charge in [-0.15, -0.1) is 0 Å². The van der Waals surface area contributed by atoms with E-state index in [4.69, 9.17) is 9.15 Å². The average molecular weight is 372 g/mol. The minimum absolute atomic E-state index is 0.0118. The van der Waals surface area contributed by atoms with Gasteiger partial charge in [0.25, 0.3) is 0 Å². The van der Waals surface area contributed by atoms with Crippen molar-refractivity contribution in [1.29, 1.82) is 0 Å². The summed E-state index contributed by atoms with van der Waals surface area (Å²) in [5.74, 6) is -0.221. The summed E-state index contributed by atoms with van der Waals surface area (Å²) in [4.78, 5) is 16.4. The molecule has 1 heterocycles. The second kappa shape index (κ2) is 7.51. The van der Waals surface area contributed by atoms with E-state index in [1.54, 1.807) is 0 Å². The van der Waals surface area contributed by atoms with Gasteiger partial charge in [0.2, 0.25) is 15.9 Å². The highest BCUT2D eigenvalue weighted by molar-refractivity contribution is 7.89. The van der Waals surface area contributed by atoms with Crippen LogP contribution in [0, 0.1) is 0 Å².